The maximum Gasteiger partial charge on any atom is 0.291 e. The van der Waals surface area contributed by atoms with Crippen LogP contribution in [-0.4, -0.2) is 35.8 Å². The molecule has 6 heteroatoms. The minimum absolute atomic E-state index is 0.0336. The first-order chi connectivity index (χ1) is 11.5. The Morgan fingerprint density at radius 1 is 1.33 bits per heavy atom. The van der Waals surface area contributed by atoms with Crippen LogP contribution in [0.4, 0.5) is 5.69 Å². The van der Waals surface area contributed by atoms with E-state index in [1.165, 1.54) is 6.26 Å². The molecule has 1 saturated heterocycles. The molecule has 0 saturated carbocycles. The van der Waals surface area contributed by atoms with Crippen molar-refractivity contribution in [1.82, 2.24) is 4.90 Å². The van der Waals surface area contributed by atoms with E-state index >= 15 is 0 Å². The lowest BCUT2D eigenvalue weighted by Crippen LogP contribution is -2.45. The molecule has 1 aromatic heterocycles. The Balaban J connectivity index is 1.78. The number of anilines is 1. The summed E-state index contributed by atoms with van der Waals surface area (Å²) in [5.41, 5.74) is 7.98. The van der Waals surface area contributed by atoms with Crippen LogP contribution in [0.15, 0.2) is 41.0 Å². The van der Waals surface area contributed by atoms with Crippen molar-refractivity contribution in [1.29, 1.82) is 0 Å². The van der Waals surface area contributed by atoms with E-state index in [1.807, 2.05) is 13.0 Å². The van der Waals surface area contributed by atoms with Crippen molar-refractivity contribution in [2.45, 2.75) is 25.8 Å². The molecule has 0 aliphatic carbocycles. The lowest BCUT2D eigenvalue weighted by Gasteiger charge is -2.31. The van der Waals surface area contributed by atoms with Crippen LogP contribution < -0.4 is 11.1 Å². The van der Waals surface area contributed by atoms with Crippen molar-refractivity contribution in [3.8, 4) is 0 Å². The number of furan rings is 1. The molecule has 3 rings (SSSR count). The summed E-state index contributed by atoms with van der Waals surface area (Å²) in [5.74, 6) is -0.167. The van der Waals surface area contributed by atoms with Gasteiger partial charge in [0.05, 0.1) is 6.26 Å². The Bertz CT molecular complexity index is 740. The maximum atomic E-state index is 12.7. The molecule has 6 nitrogen and oxygen atoms in total. The van der Waals surface area contributed by atoms with E-state index in [0.717, 1.165) is 18.4 Å². The van der Waals surface area contributed by atoms with Gasteiger partial charge in [0.15, 0.2) is 5.76 Å². The summed E-state index contributed by atoms with van der Waals surface area (Å²) in [5, 5.41) is 2.79. The Morgan fingerprint density at radius 2 is 2.17 bits per heavy atom. The van der Waals surface area contributed by atoms with Gasteiger partial charge in [0, 0.05) is 30.4 Å². The predicted octanol–water partition coefficient (Wildman–Crippen LogP) is 2.40. The average molecular weight is 327 g/mol. The summed E-state index contributed by atoms with van der Waals surface area (Å²) < 4.78 is 5.09. The van der Waals surface area contributed by atoms with E-state index in [4.69, 9.17) is 10.2 Å². The third kappa shape index (κ3) is 3.49. The maximum absolute atomic E-state index is 12.7. The molecule has 1 aliphatic heterocycles. The fraction of sp³-hybridized carbons (Fsp3) is 0.333. The lowest BCUT2D eigenvalue weighted by atomic mass is 10.0. The van der Waals surface area contributed by atoms with E-state index in [-0.39, 0.29) is 23.6 Å². The molecule has 0 spiro atoms. The van der Waals surface area contributed by atoms with Crippen LogP contribution in [0.2, 0.25) is 0 Å². The number of rotatable bonds is 3. The molecule has 1 atom stereocenters. The van der Waals surface area contributed by atoms with E-state index in [1.54, 1.807) is 29.2 Å². The fourth-order valence-corrected chi connectivity index (χ4v) is 2.86. The Labute approximate surface area is 140 Å². The highest BCUT2D eigenvalue weighted by molar-refractivity contribution is 6.03. The highest BCUT2D eigenvalue weighted by atomic mass is 16.3. The molecule has 0 radical (unpaired) electrons. The molecule has 2 heterocycles. The molecule has 1 aliphatic rings. The molecule has 1 fully saturated rings. The van der Waals surface area contributed by atoms with Crippen LogP contribution >= 0.6 is 0 Å². The number of likely N-dealkylation sites (tertiary alicyclic amines) is 1. The monoisotopic (exact) mass is 327 g/mol. The van der Waals surface area contributed by atoms with E-state index in [0.29, 0.717) is 24.3 Å². The number of hydrogen-bond donors (Lipinski definition) is 2. The van der Waals surface area contributed by atoms with E-state index < -0.39 is 0 Å². The number of hydrogen-bond acceptors (Lipinski definition) is 4. The van der Waals surface area contributed by atoms with Gasteiger partial charge in [-0.25, -0.2) is 0 Å². The second-order valence-electron chi connectivity index (χ2n) is 6.11. The second kappa shape index (κ2) is 6.88. The van der Waals surface area contributed by atoms with Gasteiger partial charge in [0.25, 0.3) is 11.8 Å². The number of nitrogens with one attached hydrogen (secondary N) is 1. The standard InChI is InChI=1S/C18H21N3O3/c1-12-6-7-13(18(23)21-8-2-4-14(19)11-21)10-15(12)20-17(22)16-5-3-9-24-16/h3,5-7,9-10,14H,2,4,8,11,19H2,1H3,(H,20,22). The fourth-order valence-electron chi connectivity index (χ4n) is 2.86. The number of amides is 2. The number of carbonyl (C=O) groups is 2. The van der Waals surface area contributed by atoms with Gasteiger partial charge in [-0.05, 0) is 49.6 Å². The van der Waals surface area contributed by atoms with Crippen LogP contribution in [-0.2, 0) is 0 Å². The molecule has 2 amide bonds. The summed E-state index contributed by atoms with van der Waals surface area (Å²) in [6.45, 7) is 3.16. The Morgan fingerprint density at radius 3 is 2.88 bits per heavy atom. The van der Waals surface area contributed by atoms with Crippen LogP contribution in [0.5, 0.6) is 0 Å². The lowest BCUT2D eigenvalue weighted by molar-refractivity contribution is 0.0708. The van der Waals surface area contributed by atoms with Crippen LogP contribution in [0.25, 0.3) is 0 Å². The largest absolute Gasteiger partial charge is 0.459 e. The Kier molecular flexibility index (Phi) is 4.66. The van der Waals surface area contributed by atoms with Crippen molar-refractivity contribution in [3.63, 3.8) is 0 Å². The highest BCUT2D eigenvalue weighted by Gasteiger charge is 2.23. The van der Waals surface area contributed by atoms with Crippen molar-refractivity contribution < 1.29 is 14.0 Å². The predicted molar refractivity (Wildman–Crippen MR) is 91.0 cm³/mol. The van der Waals surface area contributed by atoms with Gasteiger partial charge in [0.2, 0.25) is 0 Å². The zero-order valence-corrected chi connectivity index (χ0v) is 13.6. The van der Waals surface area contributed by atoms with Gasteiger partial charge in [-0.1, -0.05) is 6.07 Å². The van der Waals surface area contributed by atoms with Crippen LogP contribution in [0, 0.1) is 6.92 Å². The quantitative estimate of drug-likeness (QED) is 0.906. The molecule has 1 unspecified atom stereocenters. The number of piperidine rings is 1. The summed E-state index contributed by atoms with van der Waals surface area (Å²) in [6, 6.07) is 8.59. The average Bonchev–Trinajstić information content (AvgIpc) is 3.11. The highest BCUT2D eigenvalue weighted by Crippen LogP contribution is 2.20. The van der Waals surface area contributed by atoms with Crippen molar-refractivity contribution in [2.24, 2.45) is 5.73 Å². The minimum atomic E-state index is -0.340. The summed E-state index contributed by atoms with van der Waals surface area (Å²) in [6.07, 6.45) is 3.31. The van der Waals surface area contributed by atoms with E-state index in [9.17, 15) is 9.59 Å². The third-order valence-corrected chi connectivity index (χ3v) is 4.22. The molecule has 126 valence electrons. The first-order valence-electron chi connectivity index (χ1n) is 8.05. The Hall–Kier alpha value is -2.60. The minimum Gasteiger partial charge on any atom is -0.459 e. The number of benzene rings is 1. The van der Waals surface area contributed by atoms with Crippen molar-refractivity contribution in [2.75, 3.05) is 18.4 Å². The van der Waals surface area contributed by atoms with Gasteiger partial charge < -0.3 is 20.4 Å². The first kappa shape index (κ1) is 16.3. The zero-order valence-electron chi connectivity index (χ0n) is 13.6. The molecule has 1 aromatic carbocycles. The number of carbonyl (C=O) groups excluding carboxylic acids is 2. The first-order valence-corrected chi connectivity index (χ1v) is 8.05. The van der Waals surface area contributed by atoms with E-state index in [2.05, 4.69) is 5.32 Å². The van der Waals surface area contributed by atoms with Gasteiger partial charge in [-0.15, -0.1) is 0 Å². The van der Waals surface area contributed by atoms with Gasteiger partial charge in [-0.3, -0.25) is 9.59 Å². The van der Waals surface area contributed by atoms with Crippen LogP contribution in [0.1, 0.15) is 39.3 Å². The van der Waals surface area contributed by atoms with Crippen molar-refractivity contribution in [3.05, 3.63) is 53.5 Å². The summed E-state index contributed by atoms with van der Waals surface area (Å²) in [4.78, 5) is 26.6. The summed E-state index contributed by atoms with van der Waals surface area (Å²) in [7, 11) is 0. The number of nitrogens with two attached hydrogens (primary N) is 1. The molecule has 0 bridgehead atoms. The third-order valence-electron chi connectivity index (χ3n) is 4.22. The molecule has 3 N–H and O–H groups in total. The van der Waals surface area contributed by atoms with Crippen LogP contribution in [0.3, 0.4) is 0 Å². The SMILES string of the molecule is Cc1ccc(C(=O)N2CCCC(N)C2)cc1NC(=O)c1ccco1. The smallest absolute Gasteiger partial charge is 0.291 e. The van der Waals surface area contributed by atoms with Gasteiger partial charge >= 0.3 is 0 Å². The second-order valence-corrected chi connectivity index (χ2v) is 6.11. The molecular formula is C18H21N3O3. The van der Waals surface area contributed by atoms with Gasteiger partial charge in [0.1, 0.15) is 0 Å². The summed E-state index contributed by atoms with van der Waals surface area (Å²) >= 11 is 0. The normalized spacial score (nSPS) is 17.6. The molecular weight excluding hydrogens is 306 g/mol. The molecule has 24 heavy (non-hydrogen) atoms. The number of nitrogens with zero attached hydrogens (tertiary/aromatic N) is 1. The number of aryl methyl sites for hydroxylation is 1. The van der Waals surface area contributed by atoms with Crippen molar-refractivity contribution >= 4 is 17.5 Å². The topological polar surface area (TPSA) is 88.6 Å². The molecule has 2 aromatic rings. The zero-order chi connectivity index (χ0) is 17.1. The van der Waals surface area contributed by atoms with Gasteiger partial charge in [-0.2, -0.15) is 0 Å².